The largest absolute Gasteiger partial charge is 0.478 e. The molecule has 0 aromatic rings. The zero-order chi connectivity index (χ0) is 9.84. The maximum Gasteiger partial charge on any atom is 0.334 e. The molecule has 0 amide bonds. The Morgan fingerprint density at radius 3 is 2.31 bits per heavy atom. The van der Waals surface area contributed by atoms with E-state index >= 15 is 0 Å². The average molecular weight is 182 g/mol. The second-order valence-electron chi connectivity index (χ2n) is 2.63. The summed E-state index contributed by atoms with van der Waals surface area (Å²) < 4.78 is 4.48. The quantitative estimate of drug-likeness (QED) is 0.508. The molecular formula is C9H10O4. The maximum atomic E-state index is 11.1. The molecule has 4 heteroatoms. The van der Waals surface area contributed by atoms with Gasteiger partial charge in [-0.25, -0.2) is 9.59 Å². The molecule has 1 N–H and O–H groups in total. The fourth-order valence-corrected chi connectivity index (χ4v) is 1.19. The molecule has 1 rings (SSSR count). The van der Waals surface area contributed by atoms with Gasteiger partial charge < -0.3 is 9.84 Å². The lowest BCUT2D eigenvalue weighted by Gasteiger charge is -2.10. The molecule has 1 aliphatic carbocycles. The molecule has 0 unspecified atom stereocenters. The number of hydrogen-bond donors (Lipinski definition) is 1. The molecule has 0 aromatic carbocycles. The lowest BCUT2D eigenvalue weighted by atomic mass is 9.97. The Labute approximate surface area is 75.5 Å². The summed E-state index contributed by atoms with van der Waals surface area (Å²) in [6, 6.07) is 0. The molecule has 0 saturated heterocycles. The monoisotopic (exact) mass is 182 g/mol. The third kappa shape index (κ3) is 1.96. The second-order valence-corrected chi connectivity index (χ2v) is 2.63. The first kappa shape index (κ1) is 9.51. The molecule has 0 radical (unpaired) electrons. The summed E-state index contributed by atoms with van der Waals surface area (Å²) in [5, 5.41) is 8.75. The number of carbonyl (C=O) groups is 2. The SMILES string of the molecule is COC(=O)C1=C(C(=O)O)CC=CC1. The van der Waals surface area contributed by atoms with Crippen LogP contribution >= 0.6 is 0 Å². The second kappa shape index (κ2) is 3.89. The highest BCUT2D eigenvalue weighted by Crippen LogP contribution is 2.20. The van der Waals surface area contributed by atoms with E-state index in [4.69, 9.17) is 5.11 Å². The number of methoxy groups -OCH3 is 1. The van der Waals surface area contributed by atoms with Crippen LogP contribution in [-0.2, 0) is 14.3 Å². The van der Waals surface area contributed by atoms with Crippen LogP contribution in [0.1, 0.15) is 12.8 Å². The first-order valence-electron chi connectivity index (χ1n) is 3.85. The number of ether oxygens (including phenoxy) is 1. The summed E-state index contributed by atoms with van der Waals surface area (Å²) in [4.78, 5) is 21.8. The lowest BCUT2D eigenvalue weighted by molar-refractivity contribution is -0.138. The number of carbonyl (C=O) groups excluding carboxylic acids is 1. The molecule has 0 heterocycles. The fraction of sp³-hybridized carbons (Fsp3) is 0.333. The lowest BCUT2D eigenvalue weighted by Crippen LogP contribution is -2.14. The van der Waals surface area contributed by atoms with Crippen LogP contribution in [0.3, 0.4) is 0 Å². The van der Waals surface area contributed by atoms with Crippen LogP contribution in [0.15, 0.2) is 23.3 Å². The van der Waals surface area contributed by atoms with Crippen molar-refractivity contribution >= 4 is 11.9 Å². The molecule has 13 heavy (non-hydrogen) atoms. The number of hydrogen-bond acceptors (Lipinski definition) is 3. The minimum absolute atomic E-state index is 0.134. The van der Waals surface area contributed by atoms with Crippen LogP contribution in [0.4, 0.5) is 0 Å². The molecule has 0 aliphatic heterocycles. The van der Waals surface area contributed by atoms with Gasteiger partial charge in [-0.2, -0.15) is 0 Å². The molecule has 1 aliphatic rings. The predicted octanol–water partition coefficient (Wildman–Crippen LogP) is 0.891. The van der Waals surface area contributed by atoms with Gasteiger partial charge in [-0.1, -0.05) is 12.2 Å². The molecule has 4 nitrogen and oxygen atoms in total. The first-order valence-corrected chi connectivity index (χ1v) is 3.85. The van der Waals surface area contributed by atoms with E-state index < -0.39 is 11.9 Å². The average Bonchev–Trinajstić information content (AvgIpc) is 2.16. The van der Waals surface area contributed by atoms with Gasteiger partial charge in [-0.15, -0.1) is 0 Å². The van der Waals surface area contributed by atoms with E-state index in [-0.39, 0.29) is 11.1 Å². The number of aliphatic carboxylic acids is 1. The van der Waals surface area contributed by atoms with E-state index in [2.05, 4.69) is 4.74 Å². The summed E-state index contributed by atoms with van der Waals surface area (Å²) in [5.41, 5.74) is 0.381. The van der Waals surface area contributed by atoms with Gasteiger partial charge in [0.15, 0.2) is 0 Å². The fourth-order valence-electron chi connectivity index (χ4n) is 1.19. The summed E-state index contributed by atoms with van der Waals surface area (Å²) in [7, 11) is 1.24. The van der Waals surface area contributed by atoms with Crippen molar-refractivity contribution in [3.63, 3.8) is 0 Å². The Kier molecular flexibility index (Phi) is 2.84. The van der Waals surface area contributed by atoms with E-state index in [1.807, 2.05) is 0 Å². The molecule has 0 bridgehead atoms. The zero-order valence-electron chi connectivity index (χ0n) is 7.24. The number of allylic oxidation sites excluding steroid dienone is 2. The topological polar surface area (TPSA) is 63.6 Å². The minimum atomic E-state index is -1.05. The van der Waals surface area contributed by atoms with Crippen molar-refractivity contribution in [1.29, 1.82) is 0 Å². The van der Waals surface area contributed by atoms with Crippen LogP contribution in [0.25, 0.3) is 0 Å². The standard InChI is InChI=1S/C9H10O4/c1-13-9(12)7-5-3-2-4-6(7)8(10)11/h2-3H,4-5H2,1H3,(H,10,11). The predicted molar refractivity (Wildman–Crippen MR) is 45.1 cm³/mol. The van der Waals surface area contributed by atoms with Crippen LogP contribution in [0.5, 0.6) is 0 Å². The summed E-state index contributed by atoms with van der Waals surface area (Å²) >= 11 is 0. The van der Waals surface area contributed by atoms with Crippen LogP contribution in [0, 0.1) is 0 Å². The van der Waals surface area contributed by atoms with E-state index in [9.17, 15) is 9.59 Å². The Morgan fingerprint density at radius 2 is 1.85 bits per heavy atom. The molecule has 0 atom stereocenters. The number of esters is 1. The van der Waals surface area contributed by atoms with Crippen LogP contribution in [-0.4, -0.2) is 24.2 Å². The summed E-state index contributed by atoms with van der Waals surface area (Å²) in [5.74, 6) is -1.61. The third-order valence-corrected chi connectivity index (χ3v) is 1.86. The number of rotatable bonds is 2. The smallest absolute Gasteiger partial charge is 0.334 e. The zero-order valence-corrected chi connectivity index (χ0v) is 7.24. The van der Waals surface area contributed by atoms with Crippen molar-refractivity contribution in [3.05, 3.63) is 23.3 Å². The van der Waals surface area contributed by atoms with Crippen molar-refractivity contribution in [3.8, 4) is 0 Å². The molecule has 0 saturated carbocycles. The van der Waals surface area contributed by atoms with Crippen LogP contribution in [0.2, 0.25) is 0 Å². The maximum absolute atomic E-state index is 11.1. The Balaban J connectivity index is 2.98. The Morgan fingerprint density at radius 1 is 1.31 bits per heavy atom. The normalized spacial score (nSPS) is 15.8. The van der Waals surface area contributed by atoms with Gasteiger partial charge >= 0.3 is 11.9 Å². The highest BCUT2D eigenvalue weighted by atomic mass is 16.5. The molecule has 0 aromatic heterocycles. The van der Waals surface area contributed by atoms with Gasteiger partial charge in [0.2, 0.25) is 0 Å². The van der Waals surface area contributed by atoms with Gasteiger partial charge in [0, 0.05) is 0 Å². The molecule has 70 valence electrons. The highest BCUT2D eigenvalue weighted by Gasteiger charge is 2.21. The van der Waals surface area contributed by atoms with E-state index in [0.29, 0.717) is 12.8 Å². The molecular weight excluding hydrogens is 172 g/mol. The Hall–Kier alpha value is -1.58. The molecule has 0 spiro atoms. The molecule has 0 fully saturated rings. The van der Waals surface area contributed by atoms with E-state index in [1.54, 1.807) is 12.2 Å². The van der Waals surface area contributed by atoms with Crippen molar-refractivity contribution in [2.75, 3.05) is 7.11 Å². The number of carboxylic acid groups (broad SMARTS) is 1. The van der Waals surface area contributed by atoms with E-state index in [0.717, 1.165) is 0 Å². The highest BCUT2D eigenvalue weighted by molar-refractivity contribution is 6.00. The van der Waals surface area contributed by atoms with Gasteiger partial charge in [0.1, 0.15) is 0 Å². The summed E-state index contributed by atoms with van der Waals surface area (Å²) in [6.45, 7) is 0. The van der Waals surface area contributed by atoms with Gasteiger partial charge in [-0.3, -0.25) is 0 Å². The first-order chi connectivity index (χ1) is 6.16. The minimum Gasteiger partial charge on any atom is -0.478 e. The van der Waals surface area contributed by atoms with Crippen LogP contribution < -0.4 is 0 Å². The number of carboxylic acids is 1. The van der Waals surface area contributed by atoms with Crippen molar-refractivity contribution in [2.24, 2.45) is 0 Å². The van der Waals surface area contributed by atoms with Gasteiger partial charge in [0.05, 0.1) is 18.3 Å². The van der Waals surface area contributed by atoms with Crippen molar-refractivity contribution in [2.45, 2.75) is 12.8 Å². The van der Waals surface area contributed by atoms with Gasteiger partial charge in [-0.05, 0) is 12.8 Å². The van der Waals surface area contributed by atoms with Gasteiger partial charge in [0.25, 0.3) is 0 Å². The van der Waals surface area contributed by atoms with Crippen molar-refractivity contribution in [1.82, 2.24) is 0 Å². The Bertz CT molecular complexity index is 299. The third-order valence-electron chi connectivity index (χ3n) is 1.86. The van der Waals surface area contributed by atoms with E-state index in [1.165, 1.54) is 7.11 Å². The summed E-state index contributed by atoms with van der Waals surface area (Å²) in [6.07, 6.45) is 4.13. The van der Waals surface area contributed by atoms with Crippen molar-refractivity contribution < 1.29 is 19.4 Å².